The Balaban J connectivity index is 2.20. The highest BCUT2D eigenvalue weighted by atomic mass is 16.7. The molecule has 0 aromatic heterocycles. The van der Waals surface area contributed by atoms with Gasteiger partial charge >= 0.3 is 0 Å². The molecule has 5 atom stereocenters. The summed E-state index contributed by atoms with van der Waals surface area (Å²) in [6, 6.07) is 4.73. The third kappa shape index (κ3) is 2.72. The Bertz CT molecular complexity index is 442. The molecule has 112 valence electrons. The van der Waals surface area contributed by atoms with Gasteiger partial charge in [-0.1, -0.05) is 12.1 Å². The lowest BCUT2D eigenvalue weighted by molar-refractivity contribution is -0.277. The van der Waals surface area contributed by atoms with E-state index in [0.717, 1.165) is 0 Å². The van der Waals surface area contributed by atoms with Crippen LogP contribution < -0.4 is 4.74 Å². The Morgan fingerprint density at radius 1 is 1.15 bits per heavy atom. The number of phenols is 1. The summed E-state index contributed by atoms with van der Waals surface area (Å²) < 4.78 is 10.6. The summed E-state index contributed by atoms with van der Waals surface area (Å²) in [4.78, 5) is 0. The van der Waals surface area contributed by atoms with Crippen molar-refractivity contribution in [3.63, 3.8) is 0 Å². The smallest absolute Gasteiger partial charge is 0.229 e. The number of aliphatic hydroxyl groups excluding tert-OH is 4. The molecule has 1 aliphatic heterocycles. The number of ether oxygens (including phenoxy) is 2. The first-order chi connectivity index (χ1) is 9.45. The second kappa shape index (κ2) is 5.94. The van der Waals surface area contributed by atoms with Crippen molar-refractivity contribution in [3.8, 4) is 11.5 Å². The fraction of sp³-hybridized carbons (Fsp3) is 0.538. The van der Waals surface area contributed by atoms with E-state index in [9.17, 15) is 20.4 Å². The topological polar surface area (TPSA) is 120 Å². The van der Waals surface area contributed by atoms with Crippen LogP contribution in [-0.2, 0) is 4.74 Å². The third-order valence-electron chi connectivity index (χ3n) is 3.27. The highest BCUT2D eigenvalue weighted by Crippen LogP contribution is 2.32. The lowest BCUT2D eigenvalue weighted by Crippen LogP contribution is -2.60. The number of aryl methyl sites for hydroxylation is 1. The number of hydrogen-bond donors (Lipinski definition) is 5. The fourth-order valence-corrected chi connectivity index (χ4v) is 2.07. The van der Waals surface area contributed by atoms with Crippen LogP contribution in [0.3, 0.4) is 0 Å². The van der Waals surface area contributed by atoms with Gasteiger partial charge in [0.05, 0.1) is 6.61 Å². The summed E-state index contributed by atoms with van der Waals surface area (Å²) in [6.45, 7) is 1.16. The number of aromatic hydroxyl groups is 1. The van der Waals surface area contributed by atoms with E-state index in [2.05, 4.69) is 0 Å². The largest absolute Gasteiger partial charge is 0.504 e. The fourth-order valence-electron chi connectivity index (χ4n) is 2.07. The van der Waals surface area contributed by atoms with Gasteiger partial charge in [0.2, 0.25) is 6.29 Å². The maximum absolute atomic E-state index is 9.84. The molecule has 7 nitrogen and oxygen atoms in total. The average Bonchev–Trinajstić information content (AvgIpc) is 2.43. The number of benzene rings is 1. The van der Waals surface area contributed by atoms with Gasteiger partial charge in [-0.25, -0.2) is 0 Å². The van der Waals surface area contributed by atoms with Gasteiger partial charge in [0.1, 0.15) is 24.4 Å². The molecule has 1 aliphatic rings. The lowest BCUT2D eigenvalue weighted by atomic mass is 9.99. The van der Waals surface area contributed by atoms with Gasteiger partial charge in [-0.15, -0.1) is 0 Å². The Labute approximate surface area is 115 Å². The van der Waals surface area contributed by atoms with Gasteiger partial charge in [-0.05, 0) is 18.6 Å². The van der Waals surface area contributed by atoms with Crippen molar-refractivity contribution < 1.29 is 35.0 Å². The number of hydrogen-bond acceptors (Lipinski definition) is 7. The van der Waals surface area contributed by atoms with Crippen LogP contribution in [0.15, 0.2) is 18.2 Å². The number of rotatable bonds is 3. The molecule has 7 heteroatoms. The molecule has 20 heavy (non-hydrogen) atoms. The predicted octanol–water partition coefficient (Wildman–Crippen LogP) is -1.12. The standard InChI is InChI=1S/C13H18O7/c1-6-3-2-4-7(15)12(6)20-13-11(18)10(17)9(16)8(5-14)19-13/h2-4,8-11,13-18H,5H2,1H3/t8-,9-,10+,11-,13+/m1/s1. The van der Waals surface area contributed by atoms with E-state index in [0.29, 0.717) is 5.56 Å². The summed E-state index contributed by atoms with van der Waals surface area (Å²) in [5, 5.41) is 47.9. The Kier molecular flexibility index (Phi) is 4.46. The molecule has 0 saturated carbocycles. The summed E-state index contributed by atoms with van der Waals surface area (Å²) in [5.41, 5.74) is 0.613. The van der Waals surface area contributed by atoms with Crippen LogP contribution in [0, 0.1) is 6.92 Å². The number of aliphatic hydroxyl groups is 4. The Morgan fingerprint density at radius 2 is 1.85 bits per heavy atom. The molecule has 0 spiro atoms. The summed E-state index contributed by atoms with van der Waals surface area (Å²) >= 11 is 0. The molecular weight excluding hydrogens is 268 g/mol. The SMILES string of the molecule is Cc1cccc(O)c1O[C@@H]1O[C@H](CO)[C@@H](O)[C@H](O)[C@H]1O. The first-order valence-electron chi connectivity index (χ1n) is 6.21. The molecule has 1 aromatic carbocycles. The van der Waals surface area contributed by atoms with Crippen LogP contribution >= 0.6 is 0 Å². The van der Waals surface area contributed by atoms with E-state index >= 15 is 0 Å². The summed E-state index contributed by atoms with van der Waals surface area (Å²) in [7, 11) is 0. The van der Waals surface area contributed by atoms with Crippen molar-refractivity contribution in [2.45, 2.75) is 37.6 Å². The zero-order valence-electron chi connectivity index (χ0n) is 10.9. The van der Waals surface area contributed by atoms with Crippen LogP contribution in [0.5, 0.6) is 11.5 Å². The van der Waals surface area contributed by atoms with Gasteiger partial charge in [-0.3, -0.25) is 0 Å². The summed E-state index contributed by atoms with van der Waals surface area (Å²) in [5.74, 6) is -0.0289. The lowest BCUT2D eigenvalue weighted by Gasteiger charge is -2.39. The molecule has 2 rings (SSSR count). The quantitative estimate of drug-likeness (QED) is 0.477. The monoisotopic (exact) mass is 286 g/mol. The van der Waals surface area contributed by atoms with Gasteiger partial charge < -0.3 is 35.0 Å². The zero-order valence-corrected chi connectivity index (χ0v) is 10.9. The molecule has 0 amide bonds. The van der Waals surface area contributed by atoms with Crippen molar-refractivity contribution in [1.29, 1.82) is 0 Å². The van der Waals surface area contributed by atoms with Crippen molar-refractivity contribution in [2.75, 3.05) is 6.61 Å². The van der Waals surface area contributed by atoms with Crippen molar-refractivity contribution >= 4 is 0 Å². The minimum atomic E-state index is -1.52. The van der Waals surface area contributed by atoms with Crippen molar-refractivity contribution in [3.05, 3.63) is 23.8 Å². The molecule has 1 aromatic rings. The third-order valence-corrected chi connectivity index (χ3v) is 3.27. The van der Waals surface area contributed by atoms with Crippen molar-refractivity contribution in [1.82, 2.24) is 0 Å². The molecule has 0 bridgehead atoms. The molecule has 0 radical (unpaired) electrons. The second-order valence-electron chi connectivity index (χ2n) is 4.74. The minimum absolute atomic E-state index is 0.108. The summed E-state index contributed by atoms with van der Waals surface area (Å²) in [6.07, 6.45) is -6.83. The van der Waals surface area contributed by atoms with E-state index in [1.54, 1.807) is 19.1 Å². The zero-order chi connectivity index (χ0) is 14.9. The molecular formula is C13H18O7. The Morgan fingerprint density at radius 3 is 2.45 bits per heavy atom. The van der Waals surface area contributed by atoms with Gasteiger partial charge in [0, 0.05) is 0 Å². The Hall–Kier alpha value is -1.38. The van der Waals surface area contributed by atoms with E-state index in [-0.39, 0.29) is 11.5 Å². The van der Waals surface area contributed by atoms with Gasteiger partial charge in [0.25, 0.3) is 0 Å². The second-order valence-corrected chi connectivity index (χ2v) is 4.74. The van der Waals surface area contributed by atoms with Crippen LogP contribution in [0.1, 0.15) is 5.56 Å². The van der Waals surface area contributed by atoms with Crippen LogP contribution in [0.25, 0.3) is 0 Å². The van der Waals surface area contributed by atoms with E-state index < -0.39 is 37.3 Å². The molecule has 1 saturated heterocycles. The molecule has 0 aliphatic carbocycles. The number of phenolic OH excluding ortho intramolecular Hbond substituents is 1. The average molecular weight is 286 g/mol. The highest BCUT2D eigenvalue weighted by molar-refractivity contribution is 5.44. The normalized spacial score (nSPS) is 34.0. The molecule has 5 N–H and O–H groups in total. The minimum Gasteiger partial charge on any atom is -0.504 e. The first-order valence-corrected chi connectivity index (χ1v) is 6.21. The van der Waals surface area contributed by atoms with Gasteiger partial charge in [-0.2, -0.15) is 0 Å². The maximum atomic E-state index is 9.84. The first kappa shape index (κ1) is 15.0. The predicted molar refractivity (Wildman–Crippen MR) is 67.2 cm³/mol. The maximum Gasteiger partial charge on any atom is 0.229 e. The highest BCUT2D eigenvalue weighted by Gasteiger charge is 2.45. The van der Waals surface area contributed by atoms with Crippen molar-refractivity contribution in [2.24, 2.45) is 0 Å². The van der Waals surface area contributed by atoms with E-state index in [1.807, 2.05) is 0 Å². The van der Waals surface area contributed by atoms with E-state index in [1.165, 1.54) is 6.07 Å². The van der Waals surface area contributed by atoms with Crippen LogP contribution in [0.2, 0.25) is 0 Å². The number of para-hydroxylation sites is 1. The molecule has 1 fully saturated rings. The van der Waals surface area contributed by atoms with Crippen LogP contribution in [-0.4, -0.2) is 62.8 Å². The van der Waals surface area contributed by atoms with E-state index in [4.69, 9.17) is 14.6 Å². The molecule has 1 heterocycles. The molecule has 0 unspecified atom stereocenters. The van der Waals surface area contributed by atoms with Crippen LogP contribution in [0.4, 0.5) is 0 Å². The van der Waals surface area contributed by atoms with Gasteiger partial charge in [0.15, 0.2) is 11.5 Å².